The third-order valence-electron chi connectivity index (χ3n) is 4.72. The van der Waals surface area contributed by atoms with E-state index < -0.39 is 6.10 Å². The van der Waals surface area contributed by atoms with Gasteiger partial charge in [0.15, 0.2) is 6.10 Å². The number of carbonyl (C=O) groups is 3. The molecule has 4 atom stereocenters. The molecule has 2 N–H and O–H groups in total. The van der Waals surface area contributed by atoms with Gasteiger partial charge in [0.05, 0.1) is 5.92 Å². The summed E-state index contributed by atoms with van der Waals surface area (Å²) < 4.78 is 5.36. The molecule has 0 aromatic heterocycles. The maximum atomic E-state index is 12.3. The Hall–Kier alpha value is -2.63. The van der Waals surface area contributed by atoms with E-state index >= 15 is 0 Å². The van der Waals surface area contributed by atoms with E-state index in [0.717, 1.165) is 12.8 Å². The summed E-state index contributed by atoms with van der Waals surface area (Å²) in [5.41, 5.74) is 1.22. The molecule has 0 aliphatic heterocycles. The molecule has 25 heavy (non-hydrogen) atoms. The number of carbonyl (C=O) groups excluding carboxylic acids is 3. The van der Waals surface area contributed by atoms with Crippen LogP contribution in [0, 0.1) is 17.8 Å². The number of nitrogens with one attached hydrogen (secondary N) is 2. The first-order chi connectivity index (χ1) is 11.9. The van der Waals surface area contributed by atoms with Gasteiger partial charge in [-0.05, 0) is 55.9 Å². The van der Waals surface area contributed by atoms with Gasteiger partial charge in [-0.1, -0.05) is 12.2 Å². The van der Waals surface area contributed by atoms with E-state index in [4.69, 9.17) is 4.74 Å². The lowest BCUT2D eigenvalue weighted by Crippen LogP contribution is -2.33. The number of ether oxygens (including phenoxy) is 1. The van der Waals surface area contributed by atoms with Gasteiger partial charge in [-0.3, -0.25) is 14.4 Å². The van der Waals surface area contributed by atoms with Crippen molar-refractivity contribution in [2.45, 2.75) is 32.8 Å². The van der Waals surface area contributed by atoms with Crippen LogP contribution < -0.4 is 10.6 Å². The van der Waals surface area contributed by atoms with Gasteiger partial charge in [0, 0.05) is 18.3 Å². The minimum atomic E-state index is -0.856. The molecule has 1 saturated carbocycles. The summed E-state index contributed by atoms with van der Waals surface area (Å²) in [5, 5.41) is 5.36. The second kappa shape index (κ2) is 7.09. The van der Waals surface area contributed by atoms with Crippen molar-refractivity contribution in [1.82, 2.24) is 0 Å². The Labute approximate surface area is 146 Å². The normalized spacial score (nSPS) is 24.6. The number of hydrogen-bond donors (Lipinski definition) is 2. The number of hydrogen-bond acceptors (Lipinski definition) is 4. The monoisotopic (exact) mass is 342 g/mol. The third kappa shape index (κ3) is 4.07. The van der Waals surface area contributed by atoms with Crippen molar-refractivity contribution in [1.29, 1.82) is 0 Å². The van der Waals surface area contributed by atoms with Gasteiger partial charge in [0.1, 0.15) is 0 Å². The third-order valence-corrected chi connectivity index (χ3v) is 4.72. The number of esters is 1. The van der Waals surface area contributed by atoms with Gasteiger partial charge in [0.2, 0.25) is 5.91 Å². The van der Waals surface area contributed by atoms with E-state index in [9.17, 15) is 14.4 Å². The molecule has 3 rings (SSSR count). The molecular weight excluding hydrogens is 320 g/mol. The summed E-state index contributed by atoms with van der Waals surface area (Å²) >= 11 is 0. The molecule has 1 aromatic carbocycles. The number of fused-ring (bicyclic) bond motifs is 2. The van der Waals surface area contributed by atoms with Crippen LogP contribution in [0.15, 0.2) is 36.4 Å². The predicted molar refractivity (Wildman–Crippen MR) is 93.8 cm³/mol. The largest absolute Gasteiger partial charge is 0.452 e. The van der Waals surface area contributed by atoms with Gasteiger partial charge in [-0.25, -0.2) is 0 Å². The molecule has 2 aliphatic carbocycles. The Kier molecular flexibility index (Phi) is 4.88. The van der Waals surface area contributed by atoms with Gasteiger partial charge in [-0.15, -0.1) is 0 Å². The first kappa shape index (κ1) is 17.2. The summed E-state index contributed by atoms with van der Waals surface area (Å²) in [5.74, 6) is -0.210. The summed E-state index contributed by atoms with van der Waals surface area (Å²) in [7, 11) is 0. The SMILES string of the molecule is CC(=O)Nc1ccc(NC(=O)[C@@H](C)OC(=O)[C@H]2C[C@H]3C=C[C@H]2C3)cc1. The van der Waals surface area contributed by atoms with Crippen LogP contribution in [-0.4, -0.2) is 23.9 Å². The molecule has 0 radical (unpaired) electrons. The zero-order valence-corrected chi connectivity index (χ0v) is 14.3. The molecule has 0 spiro atoms. The molecular formula is C19H22N2O4. The second-order valence-corrected chi connectivity index (χ2v) is 6.71. The number of rotatable bonds is 5. The fourth-order valence-corrected chi connectivity index (χ4v) is 3.45. The number of anilines is 2. The quantitative estimate of drug-likeness (QED) is 0.636. The first-order valence-electron chi connectivity index (χ1n) is 8.49. The highest BCUT2D eigenvalue weighted by atomic mass is 16.5. The standard InChI is InChI=1S/C19H22N2O4/c1-11(25-19(24)17-10-13-3-4-14(17)9-13)18(23)21-16-7-5-15(6-8-16)20-12(2)22/h3-8,11,13-14,17H,9-10H2,1-2H3,(H,20,22)(H,21,23)/t11-,13+,14+,17+/m1/s1. The summed E-state index contributed by atoms with van der Waals surface area (Å²) in [6.45, 7) is 3.00. The van der Waals surface area contributed by atoms with E-state index in [1.165, 1.54) is 6.92 Å². The molecule has 0 heterocycles. The molecule has 0 unspecified atom stereocenters. The average Bonchev–Trinajstić information content (AvgIpc) is 3.19. The van der Waals surface area contributed by atoms with Crippen LogP contribution in [0.5, 0.6) is 0 Å². The Morgan fingerprint density at radius 1 is 1.04 bits per heavy atom. The fourth-order valence-electron chi connectivity index (χ4n) is 3.45. The first-order valence-corrected chi connectivity index (χ1v) is 8.49. The fraction of sp³-hybridized carbons (Fsp3) is 0.421. The molecule has 6 nitrogen and oxygen atoms in total. The van der Waals surface area contributed by atoms with E-state index in [0.29, 0.717) is 17.3 Å². The number of allylic oxidation sites excluding steroid dienone is 2. The van der Waals surface area contributed by atoms with Crippen molar-refractivity contribution >= 4 is 29.2 Å². The van der Waals surface area contributed by atoms with Crippen molar-refractivity contribution in [2.75, 3.05) is 10.6 Å². The minimum absolute atomic E-state index is 0.123. The van der Waals surface area contributed by atoms with E-state index in [1.54, 1.807) is 31.2 Å². The van der Waals surface area contributed by atoms with Crippen LogP contribution in [0.2, 0.25) is 0 Å². The molecule has 6 heteroatoms. The van der Waals surface area contributed by atoms with Gasteiger partial charge >= 0.3 is 5.97 Å². The Morgan fingerprint density at radius 2 is 1.68 bits per heavy atom. The minimum Gasteiger partial charge on any atom is -0.452 e. The lowest BCUT2D eigenvalue weighted by atomic mass is 9.94. The second-order valence-electron chi connectivity index (χ2n) is 6.71. The maximum absolute atomic E-state index is 12.3. The highest BCUT2D eigenvalue weighted by Crippen LogP contribution is 2.44. The Balaban J connectivity index is 1.51. The van der Waals surface area contributed by atoms with Crippen LogP contribution in [0.3, 0.4) is 0 Å². The van der Waals surface area contributed by atoms with Crippen molar-refractivity contribution in [3.05, 3.63) is 36.4 Å². The molecule has 2 aliphatic rings. The molecule has 132 valence electrons. The van der Waals surface area contributed by atoms with Crippen LogP contribution in [0.4, 0.5) is 11.4 Å². The van der Waals surface area contributed by atoms with Crippen LogP contribution in [-0.2, 0) is 19.1 Å². The molecule has 0 saturated heterocycles. The van der Waals surface area contributed by atoms with Crippen molar-refractivity contribution in [3.8, 4) is 0 Å². The highest BCUT2D eigenvalue weighted by molar-refractivity contribution is 5.95. The van der Waals surface area contributed by atoms with Crippen LogP contribution >= 0.6 is 0 Å². The maximum Gasteiger partial charge on any atom is 0.310 e. The van der Waals surface area contributed by atoms with Gasteiger partial charge < -0.3 is 15.4 Å². The van der Waals surface area contributed by atoms with E-state index in [2.05, 4.69) is 22.8 Å². The zero-order valence-electron chi connectivity index (χ0n) is 14.3. The topological polar surface area (TPSA) is 84.5 Å². The molecule has 2 amide bonds. The smallest absolute Gasteiger partial charge is 0.310 e. The van der Waals surface area contributed by atoms with Crippen molar-refractivity contribution in [2.24, 2.45) is 17.8 Å². The van der Waals surface area contributed by atoms with Crippen molar-refractivity contribution in [3.63, 3.8) is 0 Å². The molecule has 2 bridgehead atoms. The highest BCUT2D eigenvalue weighted by Gasteiger charge is 2.41. The zero-order chi connectivity index (χ0) is 18.0. The lowest BCUT2D eigenvalue weighted by Gasteiger charge is -2.20. The average molecular weight is 342 g/mol. The summed E-state index contributed by atoms with van der Waals surface area (Å²) in [6, 6.07) is 6.74. The Morgan fingerprint density at radius 3 is 2.20 bits per heavy atom. The van der Waals surface area contributed by atoms with Gasteiger partial charge in [-0.2, -0.15) is 0 Å². The summed E-state index contributed by atoms with van der Waals surface area (Å²) in [4.78, 5) is 35.5. The lowest BCUT2D eigenvalue weighted by molar-refractivity contribution is -0.158. The van der Waals surface area contributed by atoms with E-state index in [-0.39, 0.29) is 29.6 Å². The van der Waals surface area contributed by atoms with Crippen LogP contribution in [0.1, 0.15) is 26.7 Å². The molecule has 1 fully saturated rings. The summed E-state index contributed by atoms with van der Waals surface area (Å²) in [6.07, 6.45) is 5.22. The van der Waals surface area contributed by atoms with Crippen LogP contribution in [0.25, 0.3) is 0 Å². The van der Waals surface area contributed by atoms with Crippen molar-refractivity contribution < 1.29 is 19.1 Å². The Bertz CT molecular complexity index is 711. The number of benzene rings is 1. The predicted octanol–water partition coefficient (Wildman–Crippen LogP) is 2.73. The van der Waals surface area contributed by atoms with E-state index in [1.807, 2.05) is 0 Å². The van der Waals surface area contributed by atoms with Gasteiger partial charge in [0.25, 0.3) is 5.91 Å². The number of amides is 2. The molecule has 1 aromatic rings.